The van der Waals surface area contributed by atoms with Gasteiger partial charge < -0.3 is 10.1 Å². The first-order valence-electron chi connectivity index (χ1n) is 7.05. The first kappa shape index (κ1) is 14.3. The van der Waals surface area contributed by atoms with Crippen molar-refractivity contribution in [2.75, 3.05) is 23.7 Å². The predicted octanol–water partition coefficient (Wildman–Crippen LogP) is 1.94. The standard InChI is InChI=1S/C15H18N2O3S/c1-10(18)16-7-14-8-17(15(19)20-14)13-3-2-11-4-5-21-9-12(11)6-13/h2-3,6,14H,4-5,7-9H2,1H3,(H,16,18). The number of cyclic esters (lactones) is 1. The molecule has 1 aromatic rings. The maximum absolute atomic E-state index is 12.0. The van der Waals surface area contributed by atoms with Crippen molar-refractivity contribution in [1.29, 1.82) is 0 Å². The molecule has 0 spiro atoms. The first-order chi connectivity index (χ1) is 10.1. The fourth-order valence-electron chi connectivity index (χ4n) is 2.62. The van der Waals surface area contributed by atoms with Crippen LogP contribution < -0.4 is 10.2 Å². The normalized spacial score (nSPS) is 20.9. The number of anilines is 1. The lowest BCUT2D eigenvalue weighted by molar-refractivity contribution is -0.119. The van der Waals surface area contributed by atoms with Crippen molar-refractivity contribution in [3.05, 3.63) is 29.3 Å². The molecule has 1 saturated heterocycles. The van der Waals surface area contributed by atoms with E-state index < -0.39 is 0 Å². The highest BCUT2D eigenvalue weighted by atomic mass is 32.2. The van der Waals surface area contributed by atoms with Crippen LogP contribution in [0.25, 0.3) is 0 Å². The van der Waals surface area contributed by atoms with E-state index in [1.54, 1.807) is 4.90 Å². The highest BCUT2D eigenvalue weighted by molar-refractivity contribution is 7.98. The van der Waals surface area contributed by atoms with Gasteiger partial charge in [0.05, 0.1) is 13.1 Å². The smallest absolute Gasteiger partial charge is 0.414 e. The van der Waals surface area contributed by atoms with Crippen LogP contribution in [0.3, 0.4) is 0 Å². The van der Waals surface area contributed by atoms with E-state index in [-0.39, 0.29) is 18.1 Å². The first-order valence-corrected chi connectivity index (χ1v) is 8.21. The molecule has 1 unspecified atom stereocenters. The molecule has 0 aliphatic carbocycles. The van der Waals surface area contributed by atoms with Crippen LogP contribution in [-0.2, 0) is 21.7 Å². The molecule has 0 aromatic heterocycles. The van der Waals surface area contributed by atoms with E-state index in [1.807, 2.05) is 17.8 Å². The van der Waals surface area contributed by atoms with Crippen LogP contribution in [0.15, 0.2) is 18.2 Å². The maximum atomic E-state index is 12.0. The van der Waals surface area contributed by atoms with Gasteiger partial charge in [-0.2, -0.15) is 11.8 Å². The number of nitrogens with one attached hydrogen (secondary N) is 1. The summed E-state index contributed by atoms with van der Waals surface area (Å²) in [5.74, 6) is 2.05. The molecule has 112 valence electrons. The topological polar surface area (TPSA) is 58.6 Å². The average Bonchev–Trinajstić information content (AvgIpc) is 2.86. The summed E-state index contributed by atoms with van der Waals surface area (Å²) in [6.07, 6.45) is 0.469. The summed E-state index contributed by atoms with van der Waals surface area (Å²) in [6.45, 7) is 2.29. The molecule has 1 fully saturated rings. The molecule has 3 rings (SSSR count). The molecule has 1 atom stereocenters. The number of carbonyl (C=O) groups excluding carboxylic acids is 2. The number of carbonyl (C=O) groups is 2. The van der Waals surface area contributed by atoms with Crippen LogP contribution in [0.1, 0.15) is 18.1 Å². The Morgan fingerprint density at radius 2 is 2.33 bits per heavy atom. The molecule has 2 aliphatic heterocycles. The number of amides is 2. The minimum atomic E-state index is -0.339. The lowest BCUT2D eigenvalue weighted by Crippen LogP contribution is -2.33. The van der Waals surface area contributed by atoms with Crippen LogP contribution in [0.5, 0.6) is 0 Å². The van der Waals surface area contributed by atoms with Crippen LogP contribution in [0, 0.1) is 0 Å². The van der Waals surface area contributed by atoms with Crippen LogP contribution in [-0.4, -0.2) is 36.9 Å². The number of nitrogens with zero attached hydrogens (tertiary/aromatic N) is 1. The Morgan fingerprint density at radius 3 is 3.14 bits per heavy atom. The van der Waals surface area contributed by atoms with Crippen molar-refractivity contribution >= 4 is 29.4 Å². The number of thioether (sulfide) groups is 1. The quantitative estimate of drug-likeness (QED) is 0.927. The summed E-state index contributed by atoms with van der Waals surface area (Å²) in [5.41, 5.74) is 3.56. The van der Waals surface area contributed by atoms with Gasteiger partial charge in [-0.25, -0.2) is 4.79 Å². The number of aryl methyl sites for hydroxylation is 1. The zero-order chi connectivity index (χ0) is 14.8. The van der Waals surface area contributed by atoms with Gasteiger partial charge in [0.1, 0.15) is 6.10 Å². The molecule has 6 heteroatoms. The molecule has 2 heterocycles. The van der Waals surface area contributed by atoms with Gasteiger partial charge in [0, 0.05) is 18.4 Å². The minimum absolute atomic E-state index is 0.115. The average molecular weight is 306 g/mol. The third-order valence-corrected chi connectivity index (χ3v) is 4.74. The molecule has 1 N–H and O–H groups in total. The van der Waals surface area contributed by atoms with Gasteiger partial charge in [-0.05, 0) is 35.4 Å². The minimum Gasteiger partial charge on any atom is -0.442 e. The second kappa shape index (κ2) is 5.97. The van der Waals surface area contributed by atoms with Gasteiger partial charge in [-0.15, -0.1) is 0 Å². The maximum Gasteiger partial charge on any atom is 0.414 e. The Balaban J connectivity index is 1.72. The Hall–Kier alpha value is -1.69. The number of rotatable bonds is 3. The Morgan fingerprint density at radius 1 is 1.48 bits per heavy atom. The summed E-state index contributed by atoms with van der Waals surface area (Å²) in [4.78, 5) is 24.6. The van der Waals surface area contributed by atoms with Crippen molar-refractivity contribution in [2.45, 2.75) is 25.2 Å². The van der Waals surface area contributed by atoms with Crippen molar-refractivity contribution in [1.82, 2.24) is 5.32 Å². The van der Waals surface area contributed by atoms with E-state index in [0.717, 1.165) is 23.6 Å². The van der Waals surface area contributed by atoms with E-state index in [4.69, 9.17) is 4.74 Å². The van der Waals surface area contributed by atoms with Crippen LogP contribution in [0.4, 0.5) is 10.5 Å². The summed E-state index contributed by atoms with van der Waals surface area (Å²) in [6, 6.07) is 6.18. The zero-order valence-corrected chi connectivity index (χ0v) is 12.7. The summed E-state index contributed by atoms with van der Waals surface area (Å²) in [7, 11) is 0. The highest BCUT2D eigenvalue weighted by Gasteiger charge is 2.32. The number of hydrogen-bond donors (Lipinski definition) is 1. The predicted molar refractivity (Wildman–Crippen MR) is 82.6 cm³/mol. The number of benzene rings is 1. The van der Waals surface area contributed by atoms with Gasteiger partial charge in [0.2, 0.25) is 5.91 Å². The van der Waals surface area contributed by atoms with E-state index in [0.29, 0.717) is 13.1 Å². The second-order valence-electron chi connectivity index (χ2n) is 5.31. The van der Waals surface area contributed by atoms with Gasteiger partial charge >= 0.3 is 6.09 Å². The monoisotopic (exact) mass is 306 g/mol. The Bertz CT molecular complexity index is 576. The van der Waals surface area contributed by atoms with Gasteiger partial charge in [-0.1, -0.05) is 6.07 Å². The second-order valence-corrected chi connectivity index (χ2v) is 6.41. The Kier molecular flexibility index (Phi) is 4.05. The van der Waals surface area contributed by atoms with E-state index >= 15 is 0 Å². The largest absolute Gasteiger partial charge is 0.442 e. The van der Waals surface area contributed by atoms with Gasteiger partial charge in [-0.3, -0.25) is 9.69 Å². The molecule has 0 bridgehead atoms. The van der Waals surface area contributed by atoms with E-state index in [2.05, 4.69) is 17.4 Å². The number of fused-ring (bicyclic) bond motifs is 1. The lowest BCUT2D eigenvalue weighted by atomic mass is 10.0. The summed E-state index contributed by atoms with van der Waals surface area (Å²) < 4.78 is 5.29. The molecule has 5 nitrogen and oxygen atoms in total. The SMILES string of the molecule is CC(=O)NCC1CN(c2ccc3c(c2)CSCC3)C(=O)O1. The molecule has 1 aromatic carbocycles. The lowest BCUT2D eigenvalue weighted by Gasteiger charge is -2.19. The number of hydrogen-bond acceptors (Lipinski definition) is 4. The molecule has 2 amide bonds. The third-order valence-electron chi connectivity index (χ3n) is 3.73. The van der Waals surface area contributed by atoms with Gasteiger partial charge in [0.15, 0.2) is 0 Å². The van der Waals surface area contributed by atoms with Crippen LogP contribution in [0.2, 0.25) is 0 Å². The zero-order valence-electron chi connectivity index (χ0n) is 11.9. The van der Waals surface area contributed by atoms with Crippen molar-refractivity contribution in [3.8, 4) is 0 Å². The highest BCUT2D eigenvalue weighted by Crippen LogP contribution is 2.30. The fourth-order valence-corrected chi connectivity index (χ4v) is 3.62. The van der Waals surface area contributed by atoms with E-state index in [9.17, 15) is 9.59 Å². The molecule has 0 radical (unpaired) electrons. The summed E-state index contributed by atoms with van der Waals surface area (Å²) >= 11 is 1.92. The van der Waals surface area contributed by atoms with Crippen LogP contribution >= 0.6 is 11.8 Å². The van der Waals surface area contributed by atoms with Gasteiger partial charge in [0.25, 0.3) is 0 Å². The third kappa shape index (κ3) is 3.15. The van der Waals surface area contributed by atoms with Crippen molar-refractivity contribution in [2.24, 2.45) is 0 Å². The van der Waals surface area contributed by atoms with Crippen molar-refractivity contribution < 1.29 is 14.3 Å². The van der Waals surface area contributed by atoms with Crippen molar-refractivity contribution in [3.63, 3.8) is 0 Å². The van der Waals surface area contributed by atoms with E-state index in [1.165, 1.54) is 18.1 Å². The number of ether oxygens (including phenoxy) is 1. The fraction of sp³-hybridized carbons (Fsp3) is 0.467. The summed E-state index contributed by atoms with van der Waals surface area (Å²) in [5, 5.41) is 2.68. The Labute approximate surface area is 128 Å². The molecular weight excluding hydrogens is 288 g/mol. The molecule has 0 saturated carbocycles. The molecule has 21 heavy (non-hydrogen) atoms. The molecular formula is C15H18N2O3S. The molecule has 2 aliphatic rings.